The highest BCUT2D eigenvalue weighted by molar-refractivity contribution is 9.10. The largest absolute Gasteiger partial charge is 0.411 e. The summed E-state index contributed by atoms with van der Waals surface area (Å²) < 4.78 is 40.2. The van der Waals surface area contributed by atoms with Crippen LogP contribution in [0.2, 0.25) is 5.02 Å². The Morgan fingerprint density at radius 2 is 2.11 bits per heavy atom. The van der Waals surface area contributed by atoms with Gasteiger partial charge in [0.1, 0.15) is 6.61 Å². The van der Waals surface area contributed by atoms with Gasteiger partial charge in [-0.15, -0.1) is 0 Å². The number of ether oxygens (including phenoxy) is 1. The van der Waals surface area contributed by atoms with Crippen LogP contribution in [-0.2, 0) is 4.74 Å². The molecule has 0 radical (unpaired) electrons. The summed E-state index contributed by atoms with van der Waals surface area (Å²) in [6.45, 7) is -1.59. The molecule has 106 valence electrons. The molecule has 3 nitrogen and oxygen atoms in total. The van der Waals surface area contributed by atoms with Gasteiger partial charge >= 0.3 is 6.18 Å². The Morgan fingerprint density at radius 1 is 1.42 bits per heavy atom. The van der Waals surface area contributed by atoms with Crippen LogP contribution >= 0.6 is 27.5 Å². The van der Waals surface area contributed by atoms with Gasteiger partial charge in [0.05, 0.1) is 17.2 Å². The van der Waals surface area contributed by atoms with Gasteiger partial charge in [0.25, 0.3) is 5.91 Å². The fourth-order valence-corrected chi connectivity index (χ4v) is 1.78. The number of hydrogen-bond donors (Lipinski definition) is 1. The maximum absolute atomic E-state index is 11.8. The normalized spacial score (nSPS) is 11.4. The van der Waals surface area contributed by atoms with Crippen LogP contribution in [0.15, 0.2) is 22.7 Å². The maximum Gasteiger partial charge on any atom is 0.411 e. The van der Waals surface area contributed by atoms with Crippen LogP contribution in [0.25, 0.3) is 0 Å². The Morgan fingerprint density at radius 3 is 2.74 bits per heavy atom. The van der Waals surface area contributed by atoms with Crippen molar-refractivity contribution in [2.45, 2.75) is 6.18 Å². The second kappa shape index (κ2) is 7.12. The zero-order valence-corrected chi connectivity index (χ0v) is 11.9. The molecule has 8 heteroatoms. The molecule has 0 aliphatic heterocycles. The Kier molecular flexibility index (Phi) is 6.09. The van der Waals surface area contributed by atoms with Gasteiger partial charge < -0.3 is 10.1 Å². The van der Waals surface area contributed by atoms with E-state index in [2.05, 4.69) is 26.0 Å². The molecule has 0 spiro atoms. The molecule has 1 rings (SSSR count). The molecule has 0 aromatic heterocycles. The van der Waals surface area contributed by atoms with Crippen LogP contribution in [0.5, 0.6) is 0 Å². The van der Waals surface area contributed by atoms with Crippen LogP contribution in [0, 0.1) is 0 Å². The molecule has 19 heavy (non-hydrogen) atoms. The number of amides is 1. The summed E-state index contributed by atoms with van der Waals surface area (Å²) in [4.78, 5) is 11.7. The van der Waals surface area contributed by atoms with Crippen molar-refractivity contribution >= 4 is 33.4 Å². The third-order valence-electron chi connectivity index (χ3n) is 1.99. The van der Waals surface area contributed by atoms with Gasteiger partial charge in [-0.05, 0) is 28.1 Å². The molecule has 1 amide bonds. The van der Waals surface area contributed by atoms with Crippen molar-refractivity contribution in [3.05, 3.63) is 33.3 Å². The molecule has 0 bridgehead atoms. The van der Waals surface area contributed by atoms with Crippen LogP contribution in [0.3, 0.4) is 0 Å². The number of carbonyl (C=O) groups is 1. The van der Waals surface area contributed by atoms with Crippen LogP contribution in [0.1, 0.15) is 10.4 Å². The van der Waals surface area contributed by atoms with Gasteiger partial charge in [-0.2, -0.15) is 13.2 Å². The summed E-state index contributed by atoms with van der Waals surface area (Å²) >= 11 is 9.07. The molecular weight excluding hydrogens is 350 g/mol. The van der Waals surface area contributed by atoms with Crippen molar-refractivity contribution in [2.24, 2.45) is 0 Å². The summed E-state index contributed by atoms with van der Waals surface area (Å²) in [6, 6.07) is 4.82. The fourth-order valence-electron chi connectivity index (χ4n) is 1.20. The van der Waals surface area contributed by atoms with Gasteiger partial charge in [0.15, 0.2) is 0 Å². The molecule has 0 saturated heterocycles. The minimum atomic E-state index is -4.36. The topological polar surface area (TPSA) is 38.3 Å². The number of rotatable bonds is 5. The van der Waals surface area contributed by atoms with Crippen molar-refractivity contribution in [1.29, 1.82) is 0 Å². The number of hydrogen-bond acceptors (Lipinski definition) is 2. The van der Waals surface area contributed by atoms with Crippen molar-refractivity contribution in [3.63, 3.8) is 0 Å². The number of carbonyl (C=O) groups excluding carboxylic acids is 1. The van der Waals surface area contributed by atoms with E-state index in [-0.39, 0.29) is 23.7 Å². The Balaban J connectivity index is 2.38. The minimum absolute atomic E-state index is 0.0300. The van der Waals surface area contributed by atoms with Crippen molar-refractivity contribution in [3.8, 4) is 0 Å². The molecule has 0 aliphatic carbocycles. The lowest BCUT2D eigenvalue weighted by atomic mass is 10.2. The zero-order chi connectivity index (χ0) is 14.5. The third-order valence-corrected chi connectivity index (χ3v) is 3.29. The summed E-state index contributed by atoms with van der Waals surface area (Å²) in [5.74, 6) is -0.470. The van der Waals surface area contributed by atoms with E-state index in [9.17, 15) is 18.0 Å². The van der Waals surface area contributed by atoms with E-state index < -0.39 is 18.7 Å². The number of nitrogens with one attached hydrogen (secondary N) is 1. The van der Waals surface area contributed by atoms with E-state index in [1.54, 1.807) is 12.1 Å². The van der Waals surface area contributed by atoms with E-state index in [1.807, 2.05) is 0 Å². The quantitative estimate of drug-likeness (QED) is 0.817. The van der Waals surface area contributed by atoms with Crippen LogP contribution < -0.4 is 5.32 Å². The predicted molar refractivity (Wildman–Crippen MR) is 68.4 cm³/mol. The second-order valence-corrected chi connectivity index (χ2v) is 4.76. The highest BCUT2D eigenvalue weighted by Gasteiger charge is 2.27. The van der Waals surface area contributed by atoms with Gasteiger partial charge in [-0.1, -0.05) is 17.7 Å². The Labute approximate surface area is 121 Å². The van der Waals surface area contributed by atoms with Crippen LogP contribution in [0.4, 0.5) is 13.2 Å². The van der Waals surface area contributed by atoms with Gasteiger partial charge in [-0.25, -0.2) is 0 Å². The molecule has 0 unspecified atom stereocenters. The lowest BCUT2D eigenvalue weighted by Crippen LogP contribution is -2.29. The highest BCUT2D eigenvalue weighted by Crippen LogP contribution is 2.25. The van der Waals surface area contributed by atoms with E-state index >= 15 is 0 Å². The number of alkyl halides is 3. The molecule has 0 atom stereocenters. The smallest absolute Gasteiger partial charge is 0.370 e. The number of halogens is 5. The molecule has 0 heterocycles. The molecular formula is C11H10BrClF3NO2. The molecule has 0 saturated carbocycles. The van der Waals surface area contributed by atoms with Crippen molar-refractivity contribution in [1.82, 2.24) is 5.32 Å². The molecule has 0 fully saturated rings. The lowest BCUT2D eigenvalue weighted by molar-refractivity contribution is -0.173. The maximum atomic E-state index is 11.8. The van der Waals surface area contributed by atoms with E-state index in [0.717, 1.165) is 0 Å². The third kappa shape index (κ3) is 5.80. The van der Waals surface area contributed by atoms with Gasteiger partial charge in [0.2, 0.25) is 0 Å². The lowest BCUT2D eigenvalue weighted by Gasteiger charge is -2.09. The summed E-state index contributed by atoms with van der Waals surface area (Å²) in [5.41, 5.74) is 0.242. The Hall–Kier alpha value is -0.790. The average Bonchev–Trinajstić information content (AvgIpc) is 2.30. The molecule has 1 aromatic rings. The molecule has 1 aromatic carbocycles. The minimum Gasteiger partial charge on any atom is -0.370 e. The first-order chi connectivity index (χ1) is 8.81. The molecule has 0 aliphatic rings. The highest BCUT2D eigenvalue weighted by atomic mass is 79.9. The summed E-state index contributed by atoms with van der Waals surface area (Å²) in [6.07, 6.45) is -4.36. The first kappa shape index (κ1) is 16.3. The van der Waals surface area contributed by atoms with Crippen molar-refractivity contribution in [2.75, 3.05) is 19.8 Å². The zero-order valence-electron chi connectivity index (χ0n) is 9.56. The summed E-state index contributed by atoms with van der Waals surface area (Å²) in [7, 11) is 0. The second-order valence-electron chi connectivity index (χ2n) is 3.53. The van der Waals surface area contributed by atoms with Crippen LogP contribution in [-0.4, -0.2) is 31.8 Å². The fraction of sp³-hybridized carbons (Fsp3) is 0.364. The van der Waals surface area contributed by atoms with E-state index in [4.69, 9.17) is 11.6 Å². The monoisotopic (exact) mass is 359 g/mol. The average molecular weight is 361 g/mol. The molecule has 1 N–H and O–H groups in total. The summed E-state index contributed by atoms with van der Waals surface area (Å²) in [5, 5.41) is 2.66. The predicted octanol–water partition coefficient (Wildman–Crippen LogP) is 3.41. The van der Waals surface area contributed by atoms with Gasteiger partial charge in [-0.3, -0.25) is 4.79 Å². The first-order valence-corrected chi connectivity index (χ1v) is 6.35. The van der Waals surface area contributed by atoms with E-state index in [0.29, 0.717) is 4.47 Å². The SMILES string of the molecule is O=C(NCCOCC(F)(F)F)c1cccc(Br)c1Cl. The van der Waals surface area contributed by atoms with E-state index in [1.165, 1.54) is 6.07 Å². The number of benzene rings is 1. The first-order valence-electron chi connectivity index (χ1n) is 5.18. The van der Waals surface area contributed by atoms with Gasteiger partial charge in [0, 0.05) is 11.0 Å². The van der Waals surface area contributed by atoms with Crippen molar-refractivity contribution < 1.29 is 22.7 Å². The standard InChI is InChI=1S/C11H10BrClF3NO2/c12-8-3-1-2-7(9(8)13)10(18)17-4-5-19-6-11(14,15)16/h1-3H,4-6H2,(H,17,18). The Bertz CT molecular complexity index is 454.